The number of rotatable bonds is 4. The van der Waals surface area contributed by atoms with E-state index in [1.807, 2.05) is 12.1 Å². The van der Waals surface area contributed by atoms with Crippen LogP contribution in [0, 0.1) is 5.82 Å². The Labute approximate surface area is 137 Å². The molecule has 2 N–H and O–H groups in total. The molecule has 0 amide bonds. The second kappa shape index (κ2) is 8.16. The van der Waals surface area contributed by atoms with Crippen molar-refractivity contribution in [1.82, 2.24) is 5.32 Å². The van der Waals surface area contributed by atoms with Gasteiger partial charge in [0.2, 0.25) is 0 Å². The minimum absolute atomic E-state index is 0. The first kappa shape index (κ1) is 16.8. The second-order valence-electron chi connectivity index (χ2n) is 5.65. The summed E-state index contributed by atoms with van der Waals surface area (Å²) in [7, 11) is 0. The van der Waals surface area contributed by atoms with Crippen molar-refractivity contribution in [2.45, 2.75) is 31.3 Å². The van der Waals surface area contributed by atoms with Crippen LogP contribution in [0.1, 0.15) is 18.4 Å². The first-order chi connectivity index (χ1) is 10.3. The number of benzene rings is 2. The van der Waals surface area contributed by atoms with Crippen molar-refractivity contribution in [2.75, 3.05) is 11.9 Å². The van der Waals surface area contributed by atoms with Crippen molar-refractivity contribution in [3.05, 3.63) is 66.0 Å². The molecule has 3 rings (SSSR count). The molecule has 2 nitrogen and oxygen atoms in total. The van der Waals surface area contributed by atoms with Gasteiger partial charge in [0.25, 0.3) is 0 Å². The largest absolute Gasteiger partial charge is 0.381 e. The zero-order chi connectivity index (χ0) is 14.5. The summed E-state index contributed by atoms with van der Waals surface area (Å²) in [4.78, 5) is 0. The molecule has 2 aromatic rings. The fourth-order valence-corrected chi connectivity index (χ4v) is 3.00. The Hall–Kier alpha value is -1.58. The maximum Gasteiger partial charge on any atom is 0.125 e. The van der Waals surface area contributed by atoms with Gasteiger partial charge in [-0.3, -0.25) is 0 Å². The minimum atomic E-state index is -0.191. The molecule has 1 saturated heterocycles. The van der Waals surface area contributed by atoms with E-state index in [0.29, 0.717) is 12.1 Å². The van der Waals surface area contributed by atoms with Gasteiger partial charge in [-0.1, -0.05) is 36.4 Å². The van der Waals surface area contributed by atoms with E-state index in [2.05, 4.69) is 34.9 Å². The summed E-state index contributed by atoms with van der Waals surface area (Å²) in [6.45, 7) is 1.05. The van der Waals surface area contributed by atoms with Gasteiger partial charge in [-0.15, -0.1) is 12.4 Å². The Balaban J connectivity index is 0.00000176. The standard InChI is InChI=1S/C18H21FN2.ClH/c19-15-8-4-9-16(13-15)21-17-10-5-11-20-18(17)12-14-6-2-1-3-7-14;/h1-4,6-9,13,17-18,20-21H,5,10-12H2;1H/t17-,18-;/m0./s1. The van der Waals surface area contributed by atoms with E-state index in [1.54, 1.807) is 12.1 Å². The molecule has 118 valence electrons. The summed E-state index contributed by atoms with van der Waals surface area (Å²) in [6.07, 6.45) is 3.26. The molecule has 0 bridgehead atoms. The van der Waals surface area contributed by atoms with Gasteiger partial charge in [0.15, 0.2) is 0 Å². The predicted octanol–water partition coefficient (Wildman–Crippen LogP) is 4.02. The molecule has 0 aromatic heterocycles. The van der Waals surface area contributed by atoms with Gasteiger partial charge < -0.3 is 10.6 Å². The van der Waals surface area contributed by atoms with Crippen LogP contribution in [-0.2, 0) is 6.42 Å². The number of piperidine rings is 1. The van der Waals surface area contributed by atoms with Gasteiger partial charge in [-0.05, 0) is 49.6 Å². The zero-order valence-corrected chi connectivity index (χ0v) is 13.3. The lowest BCUT2D eigenvalue weighted by Gasteiger charge is -2.34. The first-order valence-electron chi connectivity index (χ1n) is 7.61. The Morgan fingerprint density at radius 3 is 2.68 bits per heavy atom. The lowest BCUT2D eigenvalue weighted by atomic mass is 9.92. The summed E-state index contributed by atoms with van der Waals surface area (Å²) in [5.74, 6) is -0.191. The molecule has 1 aliphatic rings. The van der Waals surface area contributed by atoms with Crippen LogP contribution in [0.25, 0.3) is 0 Å². The Kier molecular flexibility index (Phi) is 6.22. The molecular formula is C18H22ClFN2. The molecule has 0 radical (unpaired) electrons. The monoisotopic (exact) mass is 320 g/mol. The van der Waals surface area contributed by atoms with Crippen molar-refractivity contribution in [3.63, 3.8) is 0 Å². The van der Waals surface area contributed by atoms with Gasteiger partial charge in [-0.25, -0.2) is 4.39 Å². The van der Waals surface area contributed by atoms with Gasteiger partial charge in [0, 0.05) is 17.8 Å². The van der Waals surface area contributed by atoms with Crippen LogP contribution in [0.15, 0.2) is 54.6 Å². The highest BCUT2D eigenvalue weighted by Gasteiger charge is 2.24. The van der Waals surface area contributed by atoms with Crippen LogP contribution in [0.5, 0.6) is 0 Å². The minimum Gasteiger partial charge on any atom is -0.381 e. The molecule has 1 heterocycles. The van der Waals surface area contributed by atoms with Crippen LogP contribution in [-0.4, -0.2) is 18.6 Å². The summed E-state index contributed by atoms with van der Waals surface area (Å²) >= 11 is 0. The summed E-state index contributed by atoms with van der Waals surface area (Å²) < 4.78 is 13.3. The van der Waals surface area contributed by atoms with Crippen LogP contribution in [0.2, 0.25) is 0 Å². The molecule has 0 aliphatic carbocycles. The fraction of sp³-hybridized carbons (Fsp3) is 0.333. The Bertz CT molecular complexity index is 576. The van der Waals surface area contributed by atoms with E-state index in [0.717, 1.165) is 31.5 Å². The van der Waals surface area contributed by atoms with E-state index >= 15 is 0 Å². The third-order valence-electron chi connectivity index (χ3n) is 4.06. The average Bonchev–Trinajstić information content (AvgIpc) is 2.50. The topological polar surface area (TPSA) is 24.1 Å². The smallest absolute Gasteiger partial charge is 0.125 e. The Morgan fingerprint density at radius 1 is 1.09 bits per heavy atom. The van der Waals surface area contributed by atoms with E-state index in [4.69, 9.17) is 0 Å². The lowest BCUT2D eigenvalue weighted by Crippen LogP contribution is -2.49. The van der Waals surface area contributed by atoms with Crippen LogP contribution in [0.4, 0.5) is 10.1 Å². The number of halogens is 2. The molecule has 2 aromatic carbocycles. The lowest BCUT2D eigenvalue weighted by molar-refractivity contribution is 0.366. The molecule has 22 heavy (non-hydrogen) atoms. The predicted molar refractivity (Wildman–Crippen MR) is 92.2 cm³/mol. The van der Waals surface area contributed by atoms with Gasteiger partial charge in [-0.2, -0.15) is 0 Å². The molecular weight excluding hydrogens is 299 g/mol. The molecule has 0 spiro atoms. The number of hydrogen-bond acceptors (Lipinski definition) is 2. The zero-order valence-electron chi connectivity index (χ0n) is 12.5. The summed E-state index contributed by atoms with van der Waals surface area (Å²) in [5.41, 5.74) is 2.20. The Morgan fingerprint density at radius 2 is 1.91 bits per heavy atom. The average molecular weight is 321 g/mol. The SMILES string of the molecule is Cl.Fc1cccc(N[C@H]2CCCN[C@H]2Cc2ccccc2)c1. The number of anilines is 1. The van der Waals surface area contributed by atoms with Crippen molar-refractivity contribution in [2.24, 2.45) is 0 Å². The highest BCUT2D eigenvalue weighted by atomic mass is 35.5. The highest BCUT2D eigenvalue weighted by molar-refractivity contribution is 5.85. The second-order valence-corrected chi connectivity index (χ2v) is 5.65. The van der Waals surface area contributed by atoms with E-state index in [-0.39, 0.29) is 18.2 Å². The van der Waals surface area contributed by atoms with Crippen molar-refractivity contribution < 1.29 is 4.39 Å². The number of hydrogen-bond donors (Lipinski definition) is 2. The van der Waals surface area contributed by atoms with Gasteiger partial charge in [0.1, 0.15) is 5.82 Å². The maximum absolute atomic E-state index is 13.3. The molecule has 0 unspecified atom stereocenters. The van der Waals surface area contributed by atoms with Crippen LogP contribution >= 0.6 is 12.4 Å². The first-order valence-corrected chi connectivity index (χ1v) is 7.61. The third kappa shape index (κ3) is 4.46. The fourth-order valence-electron chi connectivity index (χ4n) is 3.00. The molecule has 1 fully saturated rings. The maximum atomic E-state index is 13.3. The van der Waals surface area contributed by atoms with Crippen LogP contribution in [0.3, 0.4) is 0 Å². The third-order valence-corrected chi connectivity index (χ3v) is 4.06. The van der Waals surface area contributed by atoms with Crippen molar-refractivity contribution in [1.29, 1.82) is 0 Å². The van der Waals surface area contributed by atoms with Crippen molar-refractivity contribution in [3.8, 4) is 0 Å². The molecule has 1 aliphatic heterocycles. The van der Waals surface area contributed by atoms with E-state index in [1.165, 1.54) is 11.6 Å². The van der Waals surface area contributed by atoms with Gasteiger partial charge >= 0.3 is 0 Å². The highest BCUT2D eigenvalue weighted by Crippen LogP contribution is 2.19. The summed E-state index contributed by atoms with van der Waals surface area (Å²) in [5, 5.41) is 7.09. The molecule has 2 atom stereocenters. The van der Waals surface area contributed by atoms with E-state index < -0.39 is 0 Å². The molecule has 4 heteroatoms. The molecule has 0 saturated carbocycles. The normalized spacial score (nSPS) is 21.0. The van der Waals surface area contributed by atoms with E-state index in [9.17, 15) is 4.39 Å². The summed E-state index contributed by atoms with van der Waals surface area (Å²) in [6, 6.07) is 18.0. The number of nitrogens with one attached hydrogen (secondary N) is 2. The quantitative estimate of drug-likeness (QED) is 0.889. The van der Waals surface area contributed by atoms with Crippen molar-refractivity contribution >= 4 is 18.1 Å². The van der Waals surface area contributed by atoms with Crippen LogP contribution < -0.4 is 10.6 Å². The van der Waals surface area contributed by atoms with Gasteiger partial charge in [0.05, 0.1) is 0 Å².